The first-order chi connectivity index (χ1) is 11.9. The van der Waals surface area contributed by atoms with Crippen LogP contribution in [-0.2, 0) is 22.4 Å². The fourth-order valence-electron chi connectivity index (χ4n) is 2.65. The van der Waals surface area contributed by atoms with E-state index in [0.717, 1.165) is 22.7 Å². The lowest BCUT2D eigenvalue weighted by atomic mass is 10.1. The molecule has 1 atom stereocenters. The van der Waals surface area contributed by atoms with E-state index in [1.165, 1.54) is 16.9 Å². The predicted octanol–water partition coefficient (Wildman–Crippen LogP) is 1.74. The van der Waals surface area contributed by atoms with Crippen LogP contribution in [0.4, 0.5) is 5.13 Å². The molecule has 0 saturated carbocycles. The number of nitrogen functional groups attached to an aromatic ring is 1. The van der Waals surface area contributed by atoms with E-state index in [1.807, 2.05) is 32.2 Å². The summed E-state index contributed by atoms with van der Waals surface area (Å²) in [5, 5.41) is 7.40. The summed E-state index contributed by atoms with van der Waals surface area (Å²) in [7, 11) is 1.81. The molecule has 1 aromatic heterocycles. The molecular weight excluding hydrogens is 342 g/mol. The van der Waals surface area contributed by atoms with E-state index < -0.39 is 0 Å². The van der Waals surface area contributed by atoms with Crippen molar-refractivity contribution in [1.82, 2.24) is 9.88 Å². The smallest absolute Gasteiger partial charge is 0.290 e. The van der Waals surface area contributed by atoms with Crippen LogP contribution in [-0.4, -0.2) is 47.1 Å². The number of fused-ring (bicyclic) bond motifs is 1. The predicted molar refractivity (Wildman–Crippen MR) is 95.9 cm³/mol. The van der Waals surface area contributed by atoms with Crippen LogP contribution in [0, 0.1) is 6.92 Å². The van der Waals surface area contributed by atoms with Gasteiger partial charge in [-0.15, -0.1) is 11.3 Å². The molecule has 0 fully saturated rings. The van der Waals surface area contributed by atoms with Crippen molar-refractivity contribution in [3.63, 3.8) is 0 Å². The highest BCUT2D eigenvalue weighted by atomic mass is 32.1. The van der Waals surface area contributed by atoms with Gasteiger partial charge in [-0.2, -0.15) is 0 Å². The van der Waals surface area contributed by atoms with Crippen LogP contribution in [0.15, 0.2) is 24.3 Å². The van der Waals surface area contributed by atoms with Gasteiger partial charge in [-0.25, -0.2) is 4.98 Å². The third-order valence-corrected chi connectivity index (χ3v) is 4.82. The number of anilines is 1. The molecule has 1 aliphatic heterocycles. The second-order valence-corrected chi connectivity index (χ2v) is 6.78. The van der Waals surface area contributed by atoms with Gasteiger partial charge in [0.15, 0.2) is 5.13 Å². The van der Waals surface area contributed by atoms with Crippen molar-refractivity contribution in [1.29, 1.82) is 0 Å². The Balaban J connectivity index is 0.000000701. The first-order valence-corrected chi connectivity index (χ1v) is 8.54. The zero-order chi connectivity index (χ0) is 18.4. The summed E-state index contributed by atoms with van der Waals surface area (Å²) in [4.78, 5) is 27.5. The second-order valence-electron chi connectivity index (χ2n) is 5.67. The zero-order valence-corrected chi connectivity index (χ0v) is 15.0. The molecule has 1 aromatic carbocycles. The number of aromatic nitrogens is 1. The van der Waals surface area contributed by atoms with Crippen molar-refractivity contribution in [2.75, 3.05) is 19.3 Å². The number of benzene rings is 1. The standard InChI is InChI=1S/C16H19N3O2S.CH2O2/c1-10-14(22-16(17)18-10)8-15(20)19(2)9-12-7-11-5-3-4-6-13(11)21-12;2-1-3/h3-6,12H,7-9H2,1-2H3,(H2,17,18);1H,(H,2,3). The van der Waals surface area contributed by atoms with Gasteiger partial charge in [-0.05, 0) is 18.6 Å². The molecule has 1 unspecified atom stereocenters. The van der Waals surface area contributed by atoms with E-state index in [2.05, 4.69) is 11.1 Å². The quantitative estimate of drug-likeness (QED) is 0.802. The number of para-hydroxylation sites is 1. The molecule has 2 heterocycles. The maximum absolute atomic E-state index is 12.3. The van der Waals surface area contributed by atoms with Gasteiger partial charge in [0.05, 0.1) is 18.7 Å². The molecule has 0 saturated heterocycles. The van der Waals surface area contributed by atoms with Crippen molar-refractivity contribution in [3.8, 4) is 5.75 Å². The molecule has 1 amide bonds. The SMILES string of the molecule is Cc1nc(N)sc1CC(=O)N(C)CC1Cc2ccccc2O1.O=CO. The van der Waals surface area contributed by atoms with Crippen LogP contribution < -0.4 is 10.5 Å². The lowest BCUT2D eigenvalue weighted by molar-refractivity contribution is -0.130. The molecule has 0 aliphatic carbocycles. The molecule has 25 heavy (non-hydrogen) atoms. The maximum atomic E-state index is 12.3. The van der Waals surface area contributed by atoms with Gasteiger partial charge in [0.2, 0.25) is 5.91 Å². The average Bonchev–Trinajstić information content (AvgIpc) is 3.10. The third-order valence-electron chi connectivity index (χ3n) is 3.84. The van der Waals surface area contributed by atoms with Crippen molar-refractivity contribution < 1.29 is 19.4 Å². The zero-order valence-electron chi connectivity index (χ0n) is 14.1. The molecule has 2 aromatic rings. The minimum absolute atomic E-state index is 0.0268. The number of carbonyl (C=O) groups is 2. The number of carbonyl (C=O) groups excluding carboxylic acids is 1. The van der Waals surface area contributed by atoms with E-state index in [9.17, 15) is 4.79 Å². The van der Waals surface area contributed by atoms with Crippen molar-refractivity contribution in [2.45, 2.75) is 25.9 Å². The molecule has 3 N–H and O–H groups in total. The summed E-state index contributed by atoms with van der Waals surface area (Å²) in [6, 6.07) is 8.02. The molecule has 0 radical (unpaired) electrons. The number of nitrogens with two attached hydrogens (primary N) is 1. The molecule has 0 bridgehead atoms. The molecular formula is C17H21N3O4S. The number of rotatable bonds is 4. The van der Waals surface area contributed by atoms with E-state index in [-0.39, 0.29) is 18.5 Å². The Hall–Kier alpha value is -2.61. The van der Waals surface area contributed by atoms with Gasteiger partial charge in [-0.1, -0.05) is 18.2 Å². The van der Waals surface area contributed by atoms with Gasteiger partial charge in [0, 0.05) is 18.3 Å². The van der Waals surface area contributed by atoms with Crippen molar-refractivity contribution in [2.24, 2.45) is 0 Å². The Bertz CT molecular complexity index is 722. The number of likely N-dealkylation sites (N-methyl/N-ethyl adjacent to an activating group) is 1. The maximum Gasteiger partial charge on any atom is 0.290 e. The van der Waals surface area contributed by atoms with Crippen LogP contribution in [0.3, 0.4) is 0 Å². The van der Waals surface area contributed by atoms with E-state index in [0.29, 0.717) is 18.1 Å². The molecule has 7 nitrogen and oxygen atoms in total. The van der Waals surface area contributed by atoms with Gasteiger partial charge >= 0.3 is 0 Å². The van der Waals surface area contributed by atoms with Crippen molar-refractivity contribution in [3.05, 3.63) is 40.4 Å². The van der Waals surface area contributed by atoms with Gasteiger partial charge in [0.25, 0.3) is 6.47 Å². The summed E-state index contributed by atoms with van der Waals surface area (Å²) in [6.45, 7) is 2.22. The van der Waals surface area contributed by atoms with Crippen LogP contribution in [0.2, 0.25) is 0 Å². The summed E-state index contributed by atoms with van der Waals surface area (Å²) in [5.41, 5.74) is 7.72. The number of carboxylic acid groups (broad SMARTS) is 1. The first-order valence-electron chi connectivity index (χ1n) is 7.72. The van der Waals surface area contributed by atoms with E-state index in [1.54, 1.807) is 4.90 Å². The minimum Gasteiger partial charge on any atom is -0.488 e. The largest absolute Gasteiger partial charge is 0.488 e. The minimum atomic E-state index is -0.250. The van der Waals surface area contributed by atoms with Gasteiger partial charge in [0.1, 0.15) is 11.9 Å². The van der Waals surface area contributed by atoms with Crippen LogP contribution in [0.5, 0.6) is 5.75 Å². The normalized spacial score (nSPS) is 14.7. The fourth-order valence-corrected chi connectivity index (χ4v) is 3.47. The number of amides is 1. The van der Waals surface area contributed by atoms with Crippen molar-refractivity contribution >= 4 is 28.8 Å². The monoisotopic (exact) mass is 363 g/mol. The Labute approximate surface area is 150 Å². The third kappa shape index (κ3) is 4.93. The Kier molecular flexibility index (Phi) is 6.35. The Morgan fingerprint density at radius 3 is 2.80 bits per heavy atom. The highest BCUT2D eigenvalue weighted by molar-refractivity contribution is 7.15. The van der Waals surface area contributed by atoms with Crippen LogP contribution in [0.1, 0.15) is 16.1 Å². The number of aryl methyl sites for hydroxylation is 1. The molecule has 3 rings (SSSR count). The van der Waals surface area contributed by atoms with Crippen LogP contribution >= 0.6 is 11.3 Å². The molecule has 8 heteroatoms. The lowest BCUT2D eigenvalue weighted by Crippen LogP contribution is -2.37. The molecule has 134 valence electrons. The summed E-state index contributed by atoms with van der Waals surface area (Å²) in [5.74, 6) is 0.991. The Morgan fingerprint density at radius 2 is 2.20 bits per heavy atom. The van der Waals surface area contributed by atoms with E-state index in [4.69, 9.17) is 20.4 Å². The second kappa shape index (κ2) is 8.48. The topological polar surface area (TPSA) is 106 Å². The van der Waals surface area contributed by atoms with Gasteiger partial charge < -0.3 is 20.5 Å². The summed E-state index contributed by atoms with van der Waals surface area (Å²) < 4.78 is 5.88. The number of hydrogen-bond donors (Lipinski definition) is 2. The first kappa shape index (κ1) is 18.7. The number of thiazole rings is 1. The van der Waals surface area contributed by atoms with E-state index >= 15 is 0 Å². The highest BCUT2D eigenvalue weighted by Gasteiger charge is 2.25. The van der Waals surface area contributed by atoms with Gasteiger partial charge in [-0.3, -0.25) is 9.59 Å². The average molecular weight is 363 g/mol. The lowest BCUT2D eigenvalue weighted by Gasteiger charge is -2.21. The highest BCUT2D eigenvalue weighted by Crippen LogP contribution is 2.28. The number of hydrogen-bond acceptors (Lipinski definition) is 6. The van der Waals surface area contributed by atoms with Crippen LogP contribution in [0.25, 0.3) is 0 Å². The Morgan fingerprint density at radius 1 is 1.52 bits per heavy atom. The summed E-state index contributed by atoms with van der Waals surface area (Å²) >= 11 is 1.38. The molecule has 0 spiro atoms. The molecule has 1 aliphatic rings. The number of nitrogens with zero attached hydrogens (tertiary/aromatic N) is 2. The summed E-state index contributed by atoms with van der Waals surface area (Å²) in [6.07, 6.45) is 1.22. The number of ether oxygens (including phenoxy) is 1. The fraction of sp³-hybridized carbons (Fsp3) is 0.353.